The van der Waals surface area contributed by atoms with Crippen molar-refractivity contribution in [1.29, 1.82) is 0 Å². The van der Waals surface area contributed by atoms with E-state index in [-0.39, 0.29) is 0 Å². The predicted molar refractivity (Wildman–Crippen MR) is 88.9 cm³/mol. The Bertz CT molecular complexity index is 349. The first-order valence-electron chi connectivity index (χ1n) is 8.26. The van der Waals surface area contributed by atoms with Gasteiger partial charge in [0.05, 0.1) is 12.7 Å². The fourth-order valence-electron chi connectivity index (χ4n) is 1.94. The van der Waals surface area contributed by atoms with Crippen molar-refractivity contribution >= 4 is 0 Å². The van der Waals surface area contributed by atoms with Gasteiger partial charge in [0, 0.05) is 13.2 Å². The van der Waals surface area contributed by atoms with Crippen LogP contribution in [0, 0.1) is 0 Å². The molecule has 0 amide bonds. The summed E-state index contributed by atoms with van der Waals surface area (Å²) in [7, 11) is 0. The van der Waals surface area contributed by atoms with E-state index in [0.717, 1.165) is 51.3 Å². The summed E-state index contributed by atoms with van der Waals surface area (Å²) in [6.07, 6.45) is 4.91. The van der Waals surface area contributed by atoms with E-state index in [1.165, 1.54) is 12.0 Å². The van der Waals surface area contributed by atoms with Gasteiger partial charge in [-0.05, 0) is 57.4 Å². The van der Waals surface area contributed by atoms with Crippen LogP contribution in [0.4, 0.5) is 0 Å². The van der Waals surface area contributed by atoms with Crippen LogP contribution in [-0.2, 0) is 11.3 Å². The van der Waals surface area contributed by atoms with E-state index in [4.69, 9.17) is 9.47 Å². The fourth-order valence-corrected chi connectivity index (χ4v) is 1.94. The smallest absolute Gasteiger partial charge is 0.119 e. The molecule has 0 atom stereocenters. The fraction of sp³-hybridized carbons (Fsp3) is 0.667. The third-order valence-electron chi connectivity index (χ3n) is 3.22. The molecule has 1 aromatic carbocycles. The number of unbranched alkanes of at least 4 members (excludes halogenated alkanes) is 2. The zero-order chi connectivity index (χ0) is 15.3. The number of hydrogen-bond acceptors (Lipinski definition) is 3. The Morgan fingerprint density at radius 3 is 2.43 bits per heavy atom. The molecule has 0 fully saturated rings. The first kappa shape index (κ1) is 18.0. The van der Waals surface area contributed by atoms with Crippen LogP contribution < -0.4 is 10.1 Å². The Balaban J connectivity index is 2.07. The molecule has 0 saturated carbocycles. The van der Waals surface area contributed by atoms with Gasteiger partial charge < -0.3 is 14.8 Å². The molecule has 3 heteroatoms. The summed E-state index contributed by atoms with van der Waals surface area (Å²) in [5.74, 6) is 0.970. The van der Waals surface area contributed by atoms with Crippen molar-refractivity contribution in [3.63, 3.8) is 0 Å². The minimum absolute atomic E-state index is 0.344. The monoisotopic (exact) mass is 293 g/mol. The Kier molecular flexibility index (Phi) is 9.92. The van der Waals surface area contributed by atoms with Crippen molar-refractivity contribution in [3.8, 4) is 5.75 Å². The van der Waals surface area contributed by atoms with E-state index in [2.05, 4.69) is 50.4 Å². The van der Waals surface area contributed by atoms with Gasteiger partial charge in [0.15, 0.2) is 0 Å². The first-order valence-corrected chi connectivity index (χ1v) is 8.26. The van der Waals surface area contributed by atoms with Gasteiger partial charge in [-0.15, -0.1) is 0 Å². The summed E-state index contributed by atoms with van der Waals surface area (Å²) in [5, 5.41) is 3.47. The Morgan fingerprint density at radius 1 is 1.00 bits per heavy atom. The van der Waals surface area contributed by atoms with Crippen LogP contribution in [0.25, 0.3) is 0 Å². The third-order valence-corrected chi connectivity index (χ3v) is 3.22. The molecule has 1 rings (SSSR count). The number of hydrogen-bond donors (Lipinski definition) is 1. The molecule has 120 valence electrons. The average Bonchev–Trinajstić information content (AvgIpc) is 2.48. The Labute approximate surface area is 130 Å². The van der Waals surface area contributed by atoms with Crippen molar-refractivity contribution in [2.75, 3.05) is 19.8 Å². The quantitative estimate of drug-likeness (QED) is 0.587. The molecule has 1 aromatic rings. The maximum absolute atomic E-state index is 5.66. The second-order valence-electron chi connectivity index (χ2n) is 5.65. The van der Waals surface area contributed by atoms with Gasteiger partial charge in [0.25, 0.3) is 0 Å². The Hall–Kier alpha value is -1.06. The molecule has 0 bridgehead atoms. The van der Waals surface area contributed by atoms with Crippen LogP contribution in [-0.4, -0.2) is 25.9 Å². The van der Waals surface area contributed by atoms with Crippen molar-refractivity contribution < 1.29 is 9.47 Å². The zero-order valence-electron chi connectivity index (χ0n) is 13.9. The van der Waals surface area contributed by atoms with Gasteiger partial charge in [0.2, 0.25) is 0 Å². The second-order valence-corrected chi connectivity index (χ2v) is 5.65. The summed E-state index contributed by atoms with van der Waals surface area (Å²) in [6, 6.07) is 8.39. The lowest BCUT2D eigenvalue weighted by molar-refractivity contribution is 0.0760. The molecule has 0 radical (unpaired) electrons. The molecule has 0 spiro atoms. The van der Waals surface area contributed by atoms with Gasteiger partial charge in [-0.25, -0.2) is 0 Å². The van der Waals surface area contributed by atoms with Crippen LogP contribution in [0.15, 0.2) is 24.3 Å². The van der Waals surface area contributed by atoms with Gasteiger partial charge in [-0.1, -0.05) is 25.5 Å². The molecule has 0 aromatic heterocycles. The average molecular weight is 293 g/mol. The summed E-state index contributed by atoms with van der Waals surface area (Å²) >= 11 is 0. The molecule has 0 unspecified atom stereocenters. The third kappa shape index (κ3) is 9.48. The van der Waals surface area contributed by atoms with Crippen LogP contribution in [0.1, 0.15) is 52.0 Å². The number of benzene rings is 1. The second kappa shape index (κ2) is 11.6. The minimum Gasteiger partial charge on any atom is -0.494 e. The largest absolute Gasteiger partial charge is 0.494 e. The molecule has 0 aliphatic heterocycles. The molecule has 0 saturated heterocycles. The summed E-state index contributed by atoms with van der Waals surface area (Å²) in [6.45, 7) is 9.96. The van der Waals surface area contributed by atoms with E-state index >= 15 is 0 Å². The van der Waals surface area contributed by atoms with E-state index in [1.807, 2.05) is 0 Å². The summed E-state index contributed by atoms with van der Waals surface area (Å²) < 4.78 is 11.2. The Morgan fingerprint density at radius 2 is 1.76 bits per heavy atom. The topological polar surface area (TPSA) is 30.5 Å². The summed E-state index contributed by atoms with van der Waals surface area (Å²) in [5.41, 5.74) is 1.30. The highest BCUT2D eigenvalue weighted by molar-refractivity contribution is 5.27. The number of rotatable bonds is 12. The first-order chi connectivity index (χ1) is 10.2. The van der Waals surface area contributed by atoms with E-state index < -0.39 is 0 Å². The maximum Gasteiger partial charge on any atom is 0.119 e. The number of nitrogens with one attached hydrogen (secondary N) is 1. The lowest BCUT2D eigenvalue weighted by Crippen LogP contribution is -2.15. The maximum atomic E-state index is 5.66. The van der Waals surface area contributed by atoms with Crippen LogP contribution >= 0.6 is 0 Å². The predicted octanol–water partition coefficient (Wildman–Crippen LogP) is 4.16. The molecule has 0 aliphatic rings. The molecular weight excluding hydrogens is 262 g/mol. The van der Waals surface area contributed by atoms with Gasteiger partial charge >= 0.3 is 0 Å². The minimum atomic E-state index is 0.344. The lowest BCUT2D eigenvalue weighted by atomic mass is 10.2. The molecule has 1 N–H and O–H groups in total. The zero-order valence-corrected chi connectivity index (χ0v) is 13.9. The highest BCUT2D eigenvalue weighted by Gasteiger charge is 1.97. The van der Waals surface area contributed by atoms with Crippen molar-refractivity contribution in [2.24, 2.45) is 0 Å². The lowest BCUT2D eigenvalue weighted by Gasteiger charge is -2.09. The molecule has 3 nitrogen and oxygen atoms in total. The van der Waals surface area contributed by atoms with Crippen LogP contribution in [0.2, 0.25) is 0 Å². The molecule has 0 heterocycles. The molecule has 21 heavy (non-hydrogen) atoms. The highest BCUT2D eigenvalue weighted by atomic mass is 16.5. The van der Waals surface area contributed by atoms with E-state index in [9.17, 15) is 0 Å². The van der Waals surface area contributed by atoms with Gasteiger partial charge in [-0.2, -0.15) is 0 Å². The van der Waals surface area contributed by atoms with Crippen molar-refractivity contribution in [1.82, 2.24) is 5.32 Å². The number of ether oxygens (including phenoxy) is 2. The standard InChI is InChI=1S/C18H31NO2/c1-4-5-13-21-18-10-8-17(9-11-18)15-19-12-6-7-14-20-16(2)3/h8-11,16,19H,4-7,12-15H2,1-3H3. The van der Waals surface area contributed by atoms with Crippen LogP contribution in [0.3, 0.4) is 0 Å². The van der Waals surface area contributed by atoms with Gasteiger partial charge in [0.1, 0.15) is 5.75 Å². The normalized spacial score (nSPS) is 11.0. The van der Waals surface area contributed by atoms with Crippen molar-refractivity contribution in [3.05, 3.63) is 29.8 Å². The molecule has 0 aliphatic carbocycles. The van der Waals surface area contributed by atoms with E-state index in [0.29, 0.717) is 6.10 Å². The van der Waals surface area contributed by atoms with Gasteiger partial charge in [-0.3, -0.25) is 0 Å². The SMILES string of the molecule is CCCCOc1ccc(CNCCCCOC(C)C)cc1. The van der Waals surface area contributed by atoms with Crippen molar-refractivity contribution in [2.45, 2.75) is 59.1 Å². The van der Waals surface area contributed by atoms with E-state index in [1.54, 1.807) is 0 Å². The molecular formula is C18H31NO2. The summed E-state index contributed by atoms with van der Waals surface area (Å²) in [4.78, 5) is 0. The van der Waals surface area contributed by atoms with Crippen LogP contribution in [0.5, 0.6) is 5.75 Å². The highest BCUT2D eigenvalue weighted by Crippen LogP contribution is 2.12.